The van der Waals surface area contributed by atoms with Gasteiger partial charge in [0.1, 0.15) is 5.82 Å². The summed E-state index contributed by atoms with van der Waals surface area (Å²) in [6.07, 6.45) is 0. The van der Waals surface area contributed by atoms with E-state index >= 15 is 0 Å². The van der Waals surface area contributed by atoms with Crippen molar-refractivity contribution in [3.05, 3.63) is 28.0 Å². The van der Waals surface area contributed by atoms with E-state index in [1.807, 2.05) is 0 Å². The van der Waals surface area contributed by atoms with Crippen LogP contribution in [0.3, 0.4) is 0 Å². The minimum Gasteiger partial charge on any atom is -0.324 e. The third-order valence-electron chi connectivity index (χ3n) is 2.76. The van der Waals surface area contributed by atoms with Gasteiger partial charge in [-0.1, -0.05) is 0 Å². The van der Waals surface area contributed by atoms with Crippen molar-refractivity contribution in [2.45, 2.75) is 13.0 Å². The first-order chi connectivity index (χ1) is 8.58. The van der Waals surface area contributed by atoms with Gasteiger partial charge in [0.05, 0.1) is 10.5 Å². The first kappa shape index (κ1) is 13.8. The summed E-state index contributed by atoms with van der Waals surface area (Å²) in [5, 5.41) is 6.00. The van der Waals surface area contributed by atoms with E-state index in [2.05, 4.69) is 26.6 Å². The normalized spacial score (nSPS) is 19.6. The van der Waals surface area contributed by atoms with Crippen LogP contribution in [0, 0.1) is 12.7 Å². The van der Waals surface area contributed by atoms with Crippen LogP contribution in [0.25, 0.3) is 0 Å². The van der Waals surface area contributed by atoms with Gasteiger partial charge in [0.25, 0.3) is 0 Å². The van der Waals surface area contributed by atoms with E-state index < -0.39 is 0 Å². The van der Waals surface area contributed by atoms with Gasteiger partial charge in [-0.05, 0) is 40.5 Å². The number of anilines is 1. The molecule has 1 saturated heterocycles. The Labute approximate surface area is 118 Å². The molecule has 18 heavy (non-hydrogen) atoms. The maximum absolute atomic E-state index is 13.3. The fourth-order valence-electron chi connectivity index (χ4n) is 1.73. The molecule has 1 amide bonds. The highest BCUT2D eigenvalue weighted by molar-refractivity contribution is 9.10. The maximum atomic E-state index is 13.3. The lowest BCUT2D eigenvalue weighted by atomic mass is 10.2. The second-order valence-corrected chi connectivity index (χ2v) is 6.16. The molecular formula is C12H14BrFN2OS. The molecule has 1 heterocycles. The molecule has 1 aromatic carbocycles. The monoisotopic (exact) mass is 332 g/mol. The fourth-order valence-corrected chi connectivity index (χ4v) is 3.01. The van der Waals surface area contributed by atoms with Crippen molar-refractivity contribution in [1.82, 2.24) is 5.32 Å². The summed E-state index contributed by atoms with van der Waals surface area (Å²) in [5.74, 6) is 1.42. The number of hydrogen-bond acceptors (Lipinski definition) is 3. The highest BCUT2D eigenvalue weighted by atomic mass is 79.9. The molecule has 0 spiro atoms. The third kappa shape index (κ3) is 3.24. The Bertz CT molecular complexity index is 464. The maximum Gasteiger partial charge on any atom is 0.242 e. The van der Waals surface area contributed by atoms with E-state index in [0.29, 0.717) is 15.7 Å². The minimum absolute atomic E-state index is 0.0659. The smallest absolute Gasteiger partial charge is 0.242 e. The highest BCUT2D eigenvalue weighted by Gasteiger charge is 2.21. The standard InChI is InChI=1S/C12H14BrFN2OS/c1-7-4-9(14)8(13)5-10(7)16-12(17)11-6-18-3-2-15-11/h4-5,11,15H,2-3,6H2,1H3,(H,16,17). The van der Waals surface area contributed by atoms with E-state index in [1.165, 1.54) is 6.07 Å². The van der Waals surface area contributed by atoms with E-state index in [4.69, 9.17) is 0 Å². The average Bonchev–Trinajstić information content (AvgIpc) is 2.37. The Morgan fingerprint density at radius 3 is 3.06 bits per heavy atom. The lowest BCUT2D eigenvalue weighted by Gasteiger charge is -2.22. The highest BCUT2D eigenvalue weighted by Crippen LogP contribution is 2.24. The number of thioether (sulfide) groups is 1. The lowest BCUT2D eigenvalue weighted by Crippen LogP contribution is -2.46. The summed E-state index contributed by atoms with van der Waals surface area (Å²) in [4.78, 5) is 12.0. The zero-order valence-electron chi connectivity index (χ0n) is 9.93. The number of amides is 1. The van der Waals surface area contributed by atoms with Crippen LogP contribution in [0.2, 0.25) is 0 Å². The molecule has 6 heteroatoms. The van der Waals surface area contributed by atoms with E-state index in [9.17, 15) is 9.18 Å². The summed E-state index contributed by atoms with van der Waals surface area (Å²) in [5.41, 5.74) is 1.36. The molecule has 1 aliphatic rings. The van der Waals surface area contributed by atoms with Crippen molar-refractivity contribution in [1.29, 1.82) is 0 Å². The predicted octanol–water partition coefficient (Wildman–Crippen LogP) is 2.54. The van der Waals surface area contributed by atoms with Crippen molar-refractivity contribution in [2.75, 3.05) is 23.4 Å². The minimum atomic E-state index is -0.322. The Morgan fingerprint density at radius 2 is 2.39 bits per heavy atom. The van der Waals surface area contributed by atoms with Gasteiger partial charge >= 0.3 is 0 Å². The first-order valence-corrected chi connectivity index (χ1v) is 7.60. The largest absolute Gasteiger partial charge is 0.324 e. The summed E-state index contributed by atoms with van der Waals surface area (Å²) in [7, 11) is 0. The molecule has 3 nitrogen and oxygen atoms in total. The molecule has 98 valence electrons. The number of halogens is 2. The number of hydrogen-bond donors (Lipinski definition) is 2. The van der Waals surface area contributed by atoms with Gasteiger partial charge in [0.15, 0.2) is 0 Å². The van der Waals surface area contributed by atoms with Crippen LogP contribution < -0.4 is 10.6 Å². The van der Waals surface area contributed by atoms with Gasteiger partial charge < -0.3 is 10.6 Å². The molecule has 0 saturated carbocycles. The van der Waals surface area contributed by atoms with Gasteiger partial charge in [-0.2, -0.15) is 11.8 Å². The van der Waals surface area contributed by atoms with E-state index in [-0.39, 0.29) is 17.8 Å². The quantitative estimate of drug-likeness (QED) is 0.874. The summed E-state index contributed by atoms with van der Waals surface area (Å²) in [6, 6.07) is 2.83. The summed E-state index contributed by atoms with van der Waals surface area (Å²) >= 11 is 4.88. The predicted molar refractivity (Wildman–Crippen MR) is 76.6 cm³/mol. The van der Waals surface area contributed by atoms with Crippen molar-refractivity contribution < 1.29 is 9.18 Å². The second kappa shape index (κ2) is 6.04. The summed E-state index contributed by atoms with van der Waals surface area (Å²) < 4.78 is 13.6. The number of carbonyl (C=O) groups is 1. The molecule has 0 aliphatic carbocycles. The Balaban J connectivity index is 2.08. The van der Waals surface area contributed by atoms with Crippen molar-refractivity contribution >= 4 is 39.3 Å². The molecule has 0 aromatic heterocycles. The molecule has 1 fully saturated rings. The molecule has 1 aromatic rings. The number of rotatable bonds is 2. The number of aryl methyl sites for hydroxylation is 1. The van der Waals surface area contributed by atoms with Crippen LogP contribution >= 0.6 is 27.7 Å². The van der Waals surface area contributed by atoms with Crippen LogP contribution in [-0.2, 0) is 4.79 Å². The number of nitrogens with one attached hydrogen (secondary N) is 2. The molecular weight excluding hydrogens is 319 g/mol. The zero-order valence-corrected chi connectivity index (χ0v) is 12.3. The molecule has 0 radical (unpaired) electrons. The van der Waals surface area contributed by atoms with Gasteiger partial charge in [-0.3, -0.25) is 4.79 Å². The molecule has 2 rings (SSSR count). The van der Waals surface area contributed by atoms with Crippen molar-refractivity contribution in [3.8, 4) is 0 Å². The Kier molecular flexibility index (Phi) is 4.64. The van der Waals surface area contributed by atoms with E-state index in [0.717, 1.165) is 18.1 Å². The zero-order chi connectivity index (χ0) is 13.1. The molecule has 0 bridgehead atoms. The average molecular weight is 333 g/mol. The van der Waals surface area contributed by atoms with E-state index in [1.54, 1.807) is 24.8 Å². The van der Waals surface area contributed by atoms with Crippen LogP contribution in [0.1, 0.15) is 5.56 Å². The van der Waals surface area contributed by atoms with Gasteiger partial charge in [0, 0.05) is 23.7 Å². The van der Waals surface area contributed by atoms with Crippen molar-refractivity contribution in [3.63, 3.8) is 0 Å². The first-order valence-electron chi connectivity index (χ1n) is 5.65. The van der Waals surface area contributed by atoms with Gasteiger partial charge in [-0.15, -0.1) is 0 Å². The van der Waals surface area contributed by atoms with Gasteiger partial charge in [0.2, 0.25) is 5.91 Å². The third-order valence-corrected chi connectivity index (χ3v) is 4.43. The summed E-state index contributed by atoms with van der Waals surface area (Å²) in [6.45, 7) is 2.61. The van der Waals surface area contributed by atoms with Crippen LogP contribution in [0.4, 0.5) is 10.1 Å². The van der Waals surface area contributed by atoms with Gasteiger partial charge in [-0.25, -0.2) is 4.39 Å². The lowest BCUT2D eigenvalue weighted by molar-refractivity contribution is -0.117. The van der Waals surface area contributed by atoms with Crippen LogP contribution in [0.15, 0.2) is 16.6 Å². The fraction of sp³-hybridized carbons (Fsp3) is 0.417. The van der Waals surface area contributed by atoms with Crippen molar-refractivity contribution in [2.24, 2.45) is 0 Å². The molecule has 1 atom stereocenters. The topological polar surface area (TPSA) is 41.1 Å². The molecule has 1 aliphatic heterocycles. The molecule has 2 N–H and O–H groups in total. The SMILES string of the molecule is Cc1cc(F)c(Br)cc1NC(=O)C1CSCCN1. The number of benzene rings is 1. The second-order valence-electron chi connectivity index (χ2n) is 4.15. The Hall–Kier alpha value is -0.590. The van der Waals surface area contributed by atoms with Crippen LogP contribution in [0.5, 0.6) is 0 Å². The van der Waals surface area contributed by atoms with Crippen LogP contribution in [-0.4, -0.2) is 30.0 Å². The number of carbonyl (C=O) groups excluding carboxylic acids is 1. The Morgan fingerprint density at radius 1 is 1.61 bits per heavy atom. The molecule has 1 unspecified atom stereocenters.